The minimum atomic E-state index is -0.979. The molecule has 3 rings (SSSR count). The Morgan fingerprint density at radius 3 is 2.53 bits per heavy atom. The fourth-order valence-corrected chi connectivity index (χ4v) is 4.42. The lowest BCUT2D eigenvalue weighted by molar-refractivity contribution is -0.147. The first-order valence-electron chi connectivity index (χ1n) is 11.5. The molecule has 0 saturated carbocycles. The summed E-state index contributed by atoms with van der Waals surface area (Å²) in [6.45, 7) is 6.34. The molecule has 34 heavy (non-hydrogen) atoms. The lowest BCUT2D eigenvalue weighted by atomic mass is 9.88. The van der Waals surface area contributed by atoms with E-state index in [0.29, 0.717) is 54.8 Å². The molecule has 186 valence electrons. The van der Waals surface area contributed by atoms with Crippen LogP contribution in [0.3, 0.4) is 0 Å². The Labute approximate surface area is 210 Å². The number of hydroxylamine groups is 2. The average molecular weight is 512 g/mol. The average Bonchev–Trinajstić information content (AvgIpc) is 2.83. The van der Waals surface area contributed by atoms with E-state index in [1.54, 1.807) is 18.2 Å². The zero-order valence-corrected chi connectivity index (χ0v) is 20.8. The quantitative estimate of drug-likeness (QED) is 0.552. The molecule has 1 unspecified atom stereocenters. The van der Waals surface area contributed by atoms with Crippen LogP contribution in [0.5, 0.6) is 0 Å². The predicted octanol–water partition coefficient (Wildman–Crippen LogP) is 2.76. The highest BCUT2D eigenvalue weighted by Gasteiger charge is 2.38. The van der Waals surface area contributed by atoms with Gasteiger partial charge in [0.1, 0.15) is 11.6 Å². The van der Waals surface area contributed by atoms with Crippen LogP contribution < -0.4 is 10.6 Å². The Morgan fingerprint density at radius 2 is 1.91 bits per heavy atom. The summed E-state index contributed by atoms with van der Waals surface area (Å²) >= 11 is 12.2. The Hall–Kier alpha value is -2.09. The van der Waals surface area contributed by atoms with Crippen molar-refractivity contribution in [3.05, 3.63) is 33.8 Å². The van der Waals surface area contributed by atoms with E-state index >= 15 is 0 Å². The van der Waals surface area contributed by atoms with Crippen molar-refractivity contribution in [1.82, 2.24) is 20.6 Å². The number of carbonyl (C=O) groups is 2. The number of morpholine rings is 1. The summed E-state index contributed by atoms with van der Waals surface area (Å²) in [5.41, 5.74) is -0.266. The van der Waals surface area contributed by atoms with Crippen molar-refractivity contribution in [3.8, 4) is 6.07 Å². The fourth-order valence-electron chi connectivity index (χ4n) is 4.10. The topological polar surface area (TPSA) is 107 Å². The summed E-state index contributed by atoms with van der Waals surface area (Å²) in [6.07, 6.45) is 1.49. The summed E-state index contributed by atoms with van der Waals surface area (Å²) in [4.78, 5) is 33.5. The molecule has 11 heteroatoms. The standard InChI is InChI=1S/C23H31Cl2N5O4/c1-2-7-29-8-5-23(16-26,6-9-29)28-21(31)20(15-17-3-4-18(24)19(25)14-17)27-22(32)34-30-10-12-33-13-11-30/h3-4,14,20H,2,5-13,15H2,1H3,(H,27,32)(H,28,31). The predicted molar refractivity (Wildman–Crippen MR) is 128 cm³/mol. The maximum absolute atomic E-state index is 13.3. The molecule has 0 aliphatic carbocycles. The maximum atomic E-state index is 13.3. The number of hydrogen-bond acceptors (Lipinski definition) is 7. The molecule has 2 saturated heterocycles. The highest BCUT2D eigenvalue weighted by atomic mass is 35.5. The fraction of sp³-hybridized carbons (Fsp3) is 0.609. The Balaban J connectivity index is 1.70. The van der Waals surface area contributed by atoms with E-state index in [-0.39, 0.29) is 6.42 Å². The van der Waals surface area contributed by atoms with Crippen molar-refractivity contribution in [1.29, 1.82) is 5.26 Å². The van der Waals surface area contributed by atoms with Crippen molar-refractivity contribution < 1.29 is 19.2 Å². The second-order valence-electron chi connectivity index (χ2n) is 8.59. The number of likely N-dealkylation sites (tertiary alicyclic amines) is 1. The molecule has 2 fully saturated rings. The van der Waals surface area contributed by atoms with Gasteiger partial charge < -0.3 is 25.1 Å². The molecular weight excluding hydrogens is 481 g/mol. The second-order valence-corrected chi connectivity index (χ2v) is 9.41. The number of carbonyl (C=O) groups excluding carboxylic acids is 2. The minimum absolute atomic E-state index is 0.157. The number of halogens is 2. The lowest BCUT2D eigenvalue weighted by Gasteiger charge is -2.38. The monoisotopic (exact) mass is 511 g/mol. The van der Waals surface area contributed by atoms with E-state index in [1.807, 2.05) is 0 Å². The number of hydrogen-bond donors (Lipinski definition) is 2. The lowest BCUT2D eigenvalue weighted by Crippen LogP contribution is -2.59. The summed E-state index contributed by atoms with van der Waals surface area (Å²) in [7, 11) is 0. The normalized spacial score (nSPS) is 19.6. The number of benzene rings is 1. The van der Waals surface area contributed by atoms with E-state index < -0.39 is 23.6 Å². The van der Waals surface area contributed by atoms with Crippen molar-refractivity contribution in [2.75, 3.05) is 45.9 Å². The maximum Gasteiger partial charge on any atom is 0.426 e. The highest BCUT2D eigenvalue weighted by Crippen LogP contribution is 2.24. The highest BCUT2D eigenvalue weighted by molar-refractivity contribution is 6.42. The largest absolute Gasteiger partial charge is 0.426 e. The van der Waals surface area contributed by atoms with Crippen LogP contribution in [0, 0.1) is 11.3 Å². The molecule has 0 spiro atoms. The van der Waals surface area contributed by atoms with Crippen LogP contribution in [0.4, 0.5) is 4.79 Å². The van der Waals surface area contributed by atoms with Crippen LogP contribution in [0.1, 0.15) is 31.7 Å². The number of nitriles is 1. The first-order chi connectivity index (χ1) is 16.3. The first-order valence-corrected chi connectivity index (χ1v) is 12.3. The molecule has 1 atom stereocenters. The van der Waals surface area contributed by atoms with Crippen molar-refractivity contribution in [2.45, 2.75) is 44.2 Å². The van der Waals surface area contributed by atoms with Crippen LogP contribution in [-0.2, 0) is 20.8 Å². The van der Waals surface area contributed by atoms with Gasteiger partial charge in [-0.05, 0) is 43.5 Å². The molecule has 0 radical (unpaired) electrons. The van der Waals surface area contributed by atoms with Crippen LogP contribution in [-0.4, -0.2) is 79.5 Å². The van der Waals surface area contributed by atoms with Gasteiger partial charge in [0.05, 0.1) is 42.4 Å². The van der Waals surface area contributed by atoms with Gasteiger partial charge in [-0.25, -0.2) is 4.79 Å². The van der Waals surface area contributed by atoms with E-state index in [4.69, 9.17) is 32.8 Å². The molecule has 2 N–H and O–H groups in total. The van der Waals surface area contributed by atoms with E-state index in [1.165, 1.54) is 5.06 Å². The van der Waals surface area contributed by atoms with Gasteiger partial charge in [-0.3, -0.25) is 4.79 Å². The van der Waals surface area contributed by atoms with E-state index in [2.05, 4.69) is 28.5 Å². The number of amides is 2. The zero-order chi connectivity index (χ0) is 24.6. The number of ether oxygens (including phenoxy) is 1. The minimum Gasteiger partial charge on any atom is -0.379 e. The number of rotatable bonds is 8. The van der Waals surface area contributed by atoms with Crippen molar-refractivity contribution >= 4 is 35.2 Å². The molecular formula is C23H31Cl2N5O4. The SMILES string of the molecule is CCCN1CCC(C#N)(NC(=O)C(Cc2ccc(Cl)c(Cl)c2)NC(=O)ON2CCOCC2)CC1. The first kappa shape index (κ1) is 26.5. The second kappa shape index (κ2) is 12.6. The molecule has 0 aromatic heterocycles. The van der Waals surface area contributed by atoms with Crippen LogP contribution in [0.25, 0.3) is 0 Å². The number of piperidine rings is 1. The number of nitrogens with one attached hydrogen (secondary N) is 2. The third kappa shape index (κ3) is 7.45. The van der Waals surface area contributed by atoms with Crippen LogP contribution in [0.2, 0.25) is 10.0 Å². The molecule has 2 aliphatic heterocycles. The van der Waals surface area contributed by atoms with Crippen molar-refractivity contribution in [3.63, 3.8) is 0 Å². The van der Waals surface area contributed by atoms with Gasteiger partial charge >= 0.3 is 6.09 Å². The van der Waals surface area contributed by atoms with Crippen LogP contribution >= 0.6 is 23.2 Å². The number of nitrogens with zero attached hydrogens (tertiary/aromatic N) is 3. The molecule has 9 nitrogen and oxygen atoms in total. The molecule has 0 bridgehead atoms. The summed E-state index contributed by atoms with van der Waals surface area (Å²) in [5.74, 6) is -0.449. The molecule has 2 amide bonds. The van der Waals surface area contributed by atoms with Gasteiger partial charge in [0.25, 0.3) is 0 Å². The van der Waals surface area contributed by atoms with E-state index in [0.717, 1.165) is 26.1 Å². The van der Waals surface area contributed by atoms with Gasteiger partial charge in [-0.2, -0.15) is 5.26 Å². The third-order valence-corrected chi connectivity index (χ3v) is 6.78. The van der Waals surface area contributed by atoms with E-state index in [9.17, 15) is 14.9 Å². The summed E-state index contributed by atoms with van der Waals surface area (Å²) in [5, 5.41) is 17.7. The van der Waals surface area contributed by atoms with Gasteiger partial charge in [0, 0.05) is 19.5 Å². The van der Waals surface area contributed by atoms with Gasteiger partial charge in [-0.1, -0.05) is 36.2 Å². The Bertz CT molecular complexity index is 896. The van der Waals surface area contributed by atoms with Crippen molar-refractivity contribution in [2.24, 2.45) is 0 Å². The third-order valence-electron chi connectivity index (χ3n) is 6.04. The molecule has 2 heterocycles. The zero-order valence-electron chi connectivity index (χ0n) is 19.3. The summed E-state index contributed by atoms with van der Waals surface area (Å²) in [6, 6.07) is 6.37. The van der Waals surface area contributed by atoms with Crippen LogP contribution in [0.15, 0.2) is 18.2 Å². The Kier molecular flexibility index (Phi) is 9.80. The molecule has 1 aromatic rings. The molecule has 1 aromatic carbocycles. The Morgan fingerprint density at radius 1 is 1.21 bits per heavy atom. The van der Waals surface area contributed by atoms with Gasteiger partial charge in [-0.15, -0.1) is 5.06 Å². The van der Waals surface area contributed by atoms with Gasteiger partial charge in [0.15, 0.2) is 0 Å². The van der Waals surface area contributed by atoms with Gasteiger partial charge in [0.2, 0.25) is 5.91 Å². The molecule has 2 aliphatic rings. The summed E-state index contributed by atoms with van der Waals surface area (Å²) < 4.78 is 5.26. The smallest absolute Gasteiger partial charge is 0.379 e.